The van der Waals surface area contributed by atoms with Crippen molar-refractivity contribution in [1.29, 1.82) is 0 Å². The second-order valence-electron chi connectivity index (χ2n) is 4.49. The Morgan fingerprint density at radius 2 is 2.38 bits per heavy atom. The van der Waals surface area contributed by atoms with Crippen LogP contribution in [0.4, 0.5) is 0 Å². The van der Waals surface area contributed by atoms with Gasteiger partial charge in [-0.25, -0.2) is 0 Å². The molecule has 1 heterocycles. The Bertz CT molecular complexity index is 223. The molecule has 1 saturated heterocycles. The van der Waals surface area contributed by atoms with E-state index in [4.69, 9.17) is 5.73 Å². The monoisotopic (exact) mass is 229 g/mol. The number of hydrogen-bond acceptors (Lipinski definition) is 4. The molecule has 1 atom stereocenters. The Morgan fingerprint density at radius 3 is 3.00 bits per heavy atom. The van der Waals surface area contributed by atoms with Crippen LogP contribution in [0, 0.1) is 0 Å². The van der Waals surface area contributed by atoms with Crippen LogP contribution in [0.3, 0.4) is 0 Å². The van der Waals surface area contributed by atoms with E-state index in [9.17, 15) is 9.90 Å². The summed E-state index contributed by atoms with van der Waals surface area (Å²) < 4.78 is 0. The molecule has 0 saturated carbocycles. The summed E-state index contributed by atoms with van der Waals surface area (Å²) >= 11 is 0. The molecule has 1 rings (SSSR count). The lowest BCUT2D eigenvalue weighted by Crippen LogP contribution is -2.44. The normalized spacial score (nSPS) is 22.1. The molecule has 5 nitrogen and oxygen atoms in total. The minimum Gasteiger partial charge on any atom is -0.392 e. The van der Waals surface area contributed by atoms with Gasteiger partial charge in [0.05, 0.1) is 12.6 Å². The van der Waals surface area contributed by atoms with E-state index < -0.39 is 0 Å². The second kappa shape index (κ2) is 6.83. The highest BCUT2D eigenvalue weighted by atomic mass is 16.3. The van der Waals surface area contributed by atoms with Gasteiger partial charge in [0.25, 0.3) is 0 Å². The van der Waals surface area contributed by atoms with Crippen LogP contribution in [0.1, 0.15) is 19.3 Å². The zero-order chi connectivity index (χ0) is 12.0. The van der Waals surface area contributed by atoms with Crippen LogP contribution in [0.15, 0.2) is 0 Å². The Balaban J connectivity index is 2.26. The van der Waals surface area contributed by atoms with Gasteiger partial charge >= 0.3 is 0 Å². The number of amides is 1. The molecule has 1 fully saturated rings. The van der Waals surface area contributed by atoms with E-state index in [2.05, 4.69) is 0 Å². The zero-order valence-electron chi connectivity index (χ0n) is 10.1. The molecule has 1 amide bonds. The van der Waals surface area contributed by atoms with E-state index in [0.29, 0.717) is 26.2 Å². The largest absolute Gasteiger partial charge is 0.392 e. The lowest BCUT2D eigenvalue weighted by molar-refractivity contribution is -0.131. The molecule has 0 spiro atoms. The van der Waals surface area contributed by atoms with Crippen LogP contribution >= 0.6 is 0 Å². The van der Waals surface area contributed by atoms with Crippen LogP contribution < -0.4 is 5.73 Å². The van der Waals surface area contributed by atoms with Crippen molar-refractivity contribution < 1.29 is 9.90 Å². The number of nitrogens with zero attached hydrogens (tertiary/aromatic N) is 2. The van der Waals surface area contributed by atoms with Crippen molar-refractivity contribution in [3.63, 3.8) is 0 Å². The first-order valence-electron chi connectivity index (χ1n) is 5.98. The summed E-state index contributed by atoms with van der Waals surface area (Å²) in [5.74, 6) is 0.113. The van der Waals surface area contributed by atoms with Crippen molar-refractivity contribution in [2.75, 3.05) is 39.8 Å². The summed E-state index contributed by atoms with van der Waals surface area (Å²) in [5, 5.41) is 9.49. The number of likely N-dealkylation sites (tertiary alicyclic amines) is 1. The summed E-state index contributed by atoms with van der Waals surface area (Å²) in [4.78, 5) is 15.5. The van der Waals surface area contributed by atoms with Crippen LogP contribution in [-0.4, -0.2) is 66.7 Å². The van der Waals surface area contributed by atoms with E-state index in [1.54, 1.807) is 11.9 Å². The van der Waals surface area contributed by atoms with Gasteiger partial charge in [0, 0.05) is 20.1 Å². The van der Waals surface area contributed by atoms with Crippen molar-refractivity contribution in [2.24, 2.45) is 5.73 Å². The van der Waals surface area contributed by atoms with Gasteiger partial charge in [-0.15, -0.1) is 0 Å². The predicted octanol–water partition coefficient (Wildman–Crippen LogP) is -0.750. The average molecular weight is 229 g/mol. The molecule has 0 aliphatic carbocycles. The summed E-state index contributed by atoms with van der Waals surface area (Å²) in [6.45, 7) is 3.27. The van der Waals surface area contributed by atoms with Crippen LogP contribution in [0.2, 0.25) is 0 Å². The zero-order valence-corrected chi connectivity index (χ0v) is 10.1. The molecule has 0 aromatic carbocycles. The van der Waals surface area contributed by atoms with E-state index in [-0.39, 0.29) is 12.0 Å². The topological polar surface area (TPSA) is 69.8 Å². The maximum atomic E-state index is 11.8. The number of hydrogen-bond donors (Lipinski definition) is 2. The molecule has 16 heavy (non-hydrogen) atoms. The number of rotatable bonds is 5. The number of β-amino-alcohol motifs (C(OH)–C–C–N with tert-alkyl or cyclic N) is 1. The van der Waals surface area contributed by atoms with Crippen molar-refractivity contribution in [1.82, 2.24) is 9.80 Å². The average Bonchev–Trinajstić information content (AvgIpc) is 2.25. The number of carbonyl (C=O) groups excluding carboxylic acids is 1. The van der Waals surface area contributed by atoms with E-state index in [1.165, 1.54) is 0 Å². The molecule has 1 unspecified atom stereocenters. The van der Waals surface area contributed by atoms with Gasteiger partial charge in [0.1, 0.15) is 0 Å². The molecular formula is C11H23N3O2. The molecule has 0 bridgehead atoms. The molecule has 0 aromatic heterocycles. The fraction of sp³-hybridized carbons (Fsp3) is 0.909. The molecule has 94 valence electrons. The first-order chi connectivity index (χ1) is 7.63. The maximum Gasteiger partial charge on any atom is 0.236 e. The molecule has 1 aliphatic rings. The third-order valence-corrected chi connectivity index (χ3v) is 2.96. The van der Waals surface area contributed by atoms with Crippen molar-refractivity contribution >= 4 is 5.91 Å². The Labute approximate surface area is 97.2 Å². The van der Waals surface area contributed by atoms with Gasteiger partial charge in [0.2, 0.25) is 5.91 Å². The minimum absolute atomic E-state index is 0.113. The van der Waals surface area contributed by atoms with Gasteiger partial charge in [-0.1, -0.05) is 0 Å². The molecule has 0 radical (unpaired) electrons. The number of nitrogens with two attached hydrogens (primary N) is 1. The van der Waals surface area contributed by atoms with Gasteiger partial charge in [0.15, 0.2) is 0 Å². The fourth-order valence-electron chi connectivity index (χ4n) is 1.94. The standard InChI is InChI=1S/C11H23N3O2/c1-13(6-3-5-12)11(16)9-14-7-2-4-10(15)8-14/h10,15H,2-9,12H2,1H3. The van der Waals surface area contributed by atoms with E-state index in [0.717, 1.165) is 25.8 Å². The quantitative estimate of drug-likeness (QED) is 0.651. The number of aliphatic hydroxyl groups excluding tert-OH is 1. The Kier molecular flexibility index (Phi) is 5.73. The minimum atomic E-state index is -0.268. The molecule has 5 heteroatoms. The molecule has 3 N–H and O–H groups in total. The number of aliphatic hydroxyl groups is 1. The van der Waals surface area contributed by atoms with Crippen LogP contribution in [0.5, 0.6) is 0 Å². The smallest absolute Gasteiger partial charge is 0.236 e. The van der Waals surface area contributed by atoms with Crippen LogP contribution in [-0.2, 0) is 4.79 Å². The molecule has 0 aromatic rings. The van der Waals surface area contributed by atoms with Crippen LogP contribution in [0.25, 0.3) is 0 Å². The first-order valence-corrected chi connectivity index (χ1v) is 5.98. The predicted molar refractivity (Wildman–Crippen MR) is 63.0 cm³/mol. The first kappa shape index (κ1) is 13.4. The van der Waals surface area contributed by atoms with Gasteiger partial charge in [-0.05, 0) is 32.4 Å². The highest BCUT2D eigenvalue weighted by Crippen LogP contribution is 2.09. The third-order valence-electron chi connectivity index (χ3n) is 2.96. The van der Waals surface area contributed by atoms with Gasteiger partial charge in [-0.2, -0.15) is 0 Å². The van der Waals surface area contributed by atoms with Crippen molar-refractivity contribution in [2.45, 2.75) is 25.4 Å². The van der Waals surface area contributed by atoms with E-state index >= 15 is 0 Å². The van der Waals surface area contributed by atoms with Gasteiger partial charge in [-0.3, -0.25) is 9.69 Å². The maximum absolute atomic E-state index is 11.8. The Morgan fingerprint density at radius 1 is 1.62 bits per heavy atom. The molecular weight excluding hydrogens is 206 g/mol. The summed E-state index contributed by atoms with van der Waals surface area (Å²) in [5.41, 5.74) is 5.40. The fourth-order valence-corrected chi connectivity index (χ4v) is 1.94. The summed E-state index contributed by atoms with van der Waals surface area (Å²) in [6.07, 6.45) is 2.40. The van der Waals surface area contributed by atoms with Crippen molar-refractivity contribution in [3.05, 3.63) is 0 Å². The lowest BCUT2D eigenvalue weighted by Gasteiger charge is -2.30. The molecule has 1 aliphatic heterocycles. The SMILES string of the molecule is CN(CCCN)C(=O)CN1CCCC(O)C1. The number of piperidine rings is 1. The van der Waals surface area contributed by atoms with Gasteiger partial charge < -0.3 is 15.7 Å². The third kappa shape index (κ3) is 4.47. The second-order valence-corrected chi connectivity index (χ2v) is 4.49. The highest BCUT2D eigenvalue weighted by molar-refractivity contribution is 5.77. The number of carbonyl (C=O) groups is 1. The Hall–Kier alpha value is -0.650. The summed E-state index contributed by atoms with van der Waals surface area (Å²) in [7, 11) is 1.80. The van der Waals surface area contributed by atoms with Crippen molar-refractivity contribution in [3.8, 4) is 0 Å². The van der Waals surface area contributed by atoms with E-state index in [1.807, 2.05) is 4.90 Å². The summed E-state index contributed by atoms with van der Waals surface area (Å²) in [6, 6.07) is 0. The lowest BCUT2D eigenvalue weighted by atomic mass is 10.1. The highest BCUT2D eigenvalue weighted by Gasteiger charge is 2.20. The number of likely N-dealkylation sites (N-methyl/N-ethyl adjacent to an activating group) is 1.